The number of benzene rings is 1. The minimum atomic E-state index is -0.00364. The highest BCUT2D eigenvalue weighted by molar-refractivity contribution is 7.98. The van der Waals surface area contributed by atoms with E-state index >= 15 is 0 Å². The number of rotatable bonds is 9. The molecule has 26 heavy (non-hydrogen) atoms. The Morgan fingerprint density at radius 1 is 1.12 bits per heavy atom. The molecule has 0 atom stereocenters. The molecule has 1 amide bonds. The Bertz CT molecular complexity index is 712. The number of carbonyl (C=O) groups excluding carboxylic acids is 1. The van der Waals surface area contributed by atoms with Crippen LogP contribution in [0.4, 0.5) is 0 Å². The van der Waals surface area contributed by atoms with Crippen LogP contribution < -0.4 is 14.8 Å². The molecule has 0 bridgehead atoms. The van der Waals surface area contributed by atoms with Crippen LogP contribution in [0.2, 0.25) is 0 Å². The molecule has 0 spiro atoms. The van der Waals surface area contributed by atoms with Gasteiger partial charge in [0.1, 0.15) is 18.1 Å². The van der Waals surface area contributed by atoms with Crippen LogP contribution in [0.3, 0.4) is 0 Å². The van der Waals surface area contributed by atoms with Crippen molar-refractivity contribution in [2.45, 2.75) is 31.8 Å². The first-order valence-electron chi connectivity index (χ1n) is 8.45. The molecule has 0 aliphatic rings. The summed E-state index contributed by atoms with van der Waals surface area (Å²) < 4.78 is 10.7. The van der Waals surface area contributed by atoms with Crippen LogP contribution in [-0.4, -0.2) is 42.4 Å². The summed E-state index contributed by atoms with van der Waals surface area (Å²) in [7, 11) is 1.62. The number of hydrogen-bond donors (Lipinski definition) is 1. The van der Waals surface area contributed by atoms with Gasteiger partial charge in [-0.05, 0) is 56.4 Å². The van der Waals surface area contributed by atoms with Crippen molar-refractivity contribution in [3.8, 4) is 11.5 Å². The Morgan fingerprint density at radius 3 is 2.31 bits per heavy atom. The lowest BCUT2D eigenvalue weighted by Crippen LogP contribution is -2.28. The number of carbonyl (C=O) groups is 1. The van der Waals surface area contributed by atoms with Crippen molar-refractivity contribution >= 4 is 17.7 Å². The van der Waals surface area contributed by atoms with Crippen LogP contribution in [0.25, 0.3) is 0 Å². The molecular formula is C19H25N3O3S. The first-order valence-corrected chi connectivity index (χ1v) is 9.67. The summed E-state index contributed by atoms with van der Waals surface area (Å²) in [4.78, 5) is 20.9. The predicted octanol–water partition coefficient (Wildman–Crippen LogP) is 2.95. The lowest BCUT2D eigenvalue weighted by Gasteiger charge is -2.11. The van der Waals surface area contributed by atoms with Gasteiger partial charge < -0.3 is 14.8 Å². The molecular weight excluding hydrogens is 350 g/mol. The lowest BCUT2D eigenvalue weighted by atomic mass is 10.1. The Labute approximate surface area is 158 Å². The zero-order chi connectivity index (χ0) is 18.9. The zero-order valence-electron chi connectivity index (χ0n) is 15.7. The fourth-order valence-corrected chi connectivity index (χ4v) is 2.98. The maximum absolute atomic E-state index is 12.0. The van der Waals surface area contributed by atoms with Gasteiger partial charge in [-0.1, -0.05) is 11.8 Å². The van der Waals surface area contributed by atoms with Gasteiger partial charge >= 0.3 is 0 Å². The molecule has 1 heterocycles. The summed E-state index contributed by atoms with van der Waals surface area (Å²) >= 11 is 1.52. The molecule has 1 N–H and O–H groups in total. The first kappa shape index (κ1) is 20.0. The van der Waals surface area contributed by atoms with Gasteiger partial charge in [-0.15, -0.1) is 0 Å². The molecule has 0 fully saturated rings. The van der Waals surface area contributed by atoms with Crippen LogP contribution in [0, 0.1) is 13.8 Å². The predicted molar refractivity (Wildman–Crippen MR) is 103 cm³/mol. The van der Waals surface area contributed by atoms with Crippen molar-refractivity contribution < 1.29 is 14.3 Å². The Hall–Kier alpha value is -2.28. The molecule has 0 unspecified atom stereocenters. The van der Waals surface area contributed by atoms with Gasteiger partial charge in [-0.2, -0.15) is 0 Å². The molecule has 0 aliphatic carbocycles. The van der Waals surface area contributed by atoms with Crippen molar-refractivity contribution in [3.05, 3.63) is 41.2 Å². The van der Waals surface area contributed by atoms with Crippen LogP contribution in [-0.2, 0) is 11.2 Å². The molecule has 2 aromatic rings. The molecule has 1 aromatic heterocycles. The summed E-state index contributed by atoms with van der Waals surface area (Å²) in [6.07, 6.45) is 3.00. The number of ether oxygens (including phenoxy) is 2. The van der Waals surface area contributed by atoms with Crippen molar-refractivity contribution in [3.63, 3.8) is 0 Å². The van der Waals surface area contributed by atoms with Crippen LogP contribution in [0.5, 0.6) is 11.5 Å². The highest BCUT2D eigenvalue weighted by Gasteiger charge is 2.10. The van der Waals surface area contributed by atoms with Gasteiger partial charge in [0.2, 0.25) is 5.91 Å². The molecule has 7 heteroatoms. The van der Waals surface area contributed by atoms with Crippen molar-refractivity contribution in [1.82, 2.24) is 15.3 Å². The standard InChI is InChI=1S/C19H25N3O3S/c1-13-17(14(2)22-19(21-13)26-4)9-10-18(23)20-11-12-25-16-7-5-15(24-3)6-8-16/h5-8H,9-12H2,1-4H3,(H,20,23). The Balaban J connectivity index is 1.72. The summed E-state index contributed by atoms with van der Waals surface area (Å²) in [5.41, 5.74) is 2.93. The molecule has 6 nitrogen and oxygen atoms in total. The third-order valence-corrected chi connectivity index (χ3v) is 4.48. The fourth-order valence-electron chi connectivity index (χ4n) is 2.52. The van der Waals surface area contributed by atoms with E-state index in [1.807, 2.05) is 44.4 Å². The van der Waals surface area contributed by atoms with E-state index in [1.165, 1.54) is 11.8 Å². The summed E-state index contributed by atoms with van der Waals surface area (Å²) in [6, 6.07) is 7.35. The van der Waals surface area contributed by atoms with E-state index in [0.717, 1.165) is 33.6 Å². The average molecular weight is 375 g/mol. The topological polar surface area (TPSA) is 73.3 Å². The summed E-state index contributed by atoms with van der Waals surface area (Å²) in [5.74, 6) is 1.53. The lowest BCUT2D eigenvalue weighted by molar-refractivity contribution is -0.121. The molecule has 1 aromatic carbocycles. The van der Waals surface area contributed by atoms with E-state index in [4.69, 9.17) is 9.47 Å². The second-order valence-electron chi connectivity index (χ2n) is 5.73. The maximum atomic E-state index is 12.0. The minimum absolute atomic E-state index is 0.00364. The van der Waals surface area contributed by atoms with Gasteiger partial charge in [0, 0.05) is 17.8 Å². The van der Waals surface area contributed by atoms with Gasteiger partial charge in [0.15, 0.2) is 5.16 Å². The molecule has 0 saturated carbocycles. The zero-order valence-corrected chi connectivity index (χ0v) is 16.5. The fraction of sp³-hybridized carbons (Fsp3) is 0.421. The molecule has 0 saturated heterocycles. The van der Waals surface area contributed by atoms with Crippen molar-refractivity contribution in [2.24, 2.45) is 0 Å². The Kier molecular flexibility index (Phi) is 7.72. The third kappa shape index (κ3) is 5.91. The van der Waals surface area contributed by atoms with Crippen LogP contribution in [0.1, 0.15) is 23.4 Å². The second kappa shape index (κ2) is 10.0. The molecule has 140 valence electrons. The molecule has 0 radical (unpaired) electrons. The first-order chi connectivity index (χ1) is 12.5. The van der Waals surface area contributed by atoms with E-state index in [2.05, 4.69) is 15.3 Å². The van der Waals surface area contributed by atoms with E-state index in [0.29, 0.717) is 26.0 Å². The number of thioether (sulfide) groups is 1. The normalized spacial score (nSPS) is 10.5. The SMILES string of the molecule is COc1ccc(OCCNC(=O)CCc2c(C)nc(SC)nc2C)cc1. The van der Waals surface area contributed by atoms with Crippen LogP contribution in [0.15, 0.2) is 29.4 Å². The van der Waals surface area contributed by atoms with E-state index < -0.39 is 0 Å². The monoisotopic (exact) mass is 375 g/mol. The summed E-state index contributed by atoms with van der Waals surface area (Å²) in [5, 5.41) is 3.64. The number of aromatic nitrogens is 2. The number of hydrogen-bond acceptors (Lipinski definition) is 6. The van der Waals surface area contributed by atoms with Crippen molar-refractivity contribution in [1.29, 1.82) is 0 Å². The van der Waals surface area contributed by atoms with Crippen molar-refractivity contribution in [2.75, 3.05) is 26.5 Å². The van der Waals surface area contributed by atoms with E-state index in [9.17, 15) is 4.79 Å². The number of amides is 1. The second-order valence-corrected chi connectivity index (χ2v) is 6.51. The summed E-state index contributed by atoms with van der Waals surface area (Å²) in [6.45, 7) is 4.81. The van der Waals surface area contributed by atoms with E-state index in [1.54, 1.807) is 7.11 Å². The maximum Gasteiger partial charge on any atom is 0.220 e. The highest BCUT2D eigenvalue weighted by Crippen LogP contribution is 2.17. The average Bonchev–Trinajstić information content (AvgIpc) is 2.64. The van der Waals surface area contributed by atoms with E-state index in [-0.39, 0.29) is 5.91 Å². The van der Waals surface area contributed by atoms with Gasteiger partial charge in [0.05, 0.1) is 13.7 Å². The third-order valence-electron chi connectivity index (χ3n) is 3.94. The number of nitrogens with one attached hydrogen (secondary N) is 1. The highest BCUT2D eigenvalue weighted by atomic mass is 32.2. The number of aryl methyl sites for hydroxylation is 2. The minimum Gasteiger partial charge on any atom is -0.497 e. The largest absolute Gasteiger partial charge is 0.497 e. The smallest absolute Gasteiger partial charge is 0.220 e. The Morgan fingerprint density at radius 2 is 1.73 bits per heavy atom. The number of nitrogens with zero attached hydrogens (tertiary/aromatic N) is 2. The van der Waals surface area contributed by atoms with Gasteiger partial charge in [0.25, 0.3) is 0 Å². The van der Waals surface area contributed by atoms with Gasteiger partial charge in [-0.3, -0.25) is 4.79 Å². The number of methoxy groups -OCH3 is 1. The molecule has 2 rings (SSSR count). The van der Waals surface area contributed by atoms with Gasteiger partial charge in [-0.25, -0.2) is 9.97 Å². The quantitative estimate of drug-likeness (QED) is 0.413. The van der Waals surface area contributed by atoms with Crippen LogP contribution >= 0.6 is 11.8 Å². The molecule has 0 aliphatic heterocycles.